The average molecular weight is 1250 g/mol. The van der Waals surface area contributed by atoms with E-state index >= 15 is 0 Å². The second-order valence-electron chi connectivity index (χ2n) is 14.4. The smallest absolute Gasteiger partial charge is 0.635 e. The molecule has 5 aromatic carbocycles. The van der Waals surface area contributed by atoms with Gasteiger partial charge in [-0.05, 0) is 66.1 Å². The number of benzene rings is 5. The van der Waals surface area contributed by atoms with Gasteiger partial charge in [0.2, 0.25) is 11.6 Å². The van der Waals surface area contributed by atoms with Gasteiger partial charge in [0.25, 0.3) is 5.69 Å². The average Bonchev–Trinajstić information content (AvgIpc) is 3.59. The summed E-state index contributed by atoms with van der Waals surface area (Å²) in [6.45, 7) is 11.5. The molecule has 0 aliphatic heterocycles. The molecule has 0 saturated heterocycles. The molecule has 0 aliphatic rings. The summed E-state index contributed by atoms with van der Waals surface area (Å²) in [6, 6.07) is 15.9. The minimum atomic E-state index is -4.67. The minimum Gasteiger partial charge on any atom is -0.635 e. The Kier molecular flexibility index (Phi) is 48.0. The van der Waals surface area contributed by atoms with Crippen molar-refractivity contribution in [2.45, 2.75) is 34.6 Å². The van der Waals surface area contributed by atoms with Crippen LogP contribution in [0.3, 0.4) is 0 Å². The van der Waals surface area contributed by atoms with Crippen LogP contribution >= 0.6 is 0 Å². The van der Waals surface area contributed by atoms with Crippen molar-refractivity contribution in [3.63, 3.8) is 0 Å². The van der Waals surface area contributed by atoms with Gasteiger partial charge in [0.1, 0.15) is 45.7 Å². The SMILES string of the molecule is CC#N.CCOc1cc(F)c([N+](=O)[O-])cc1N.CCOc1cc(F)ccc1N.CCOc1cc(F)ccc1[N+](=O)[O-].CCOc1cc(N(C)CCN(C)C)c([N+](=O)[O-])cc1N.CO.O=NO[O-].O=S(=O)(O)O.O=[N+]([O-])c1ccc(F)cc1F.[K+]. The number of halogens is 5. The summed E-state index contributed by atoms with van der Waals surface area (Å²) in [7, 11) is 2.06. The van der Waals surface area contributed by atoms with Crippen LogP contribution in [0, 0.1) is 85.8 Å². The van der Waals surface area contributed by atoms with Crippen LogP contribution in [0.5, 0.6) is 23.0 Å². The zero-order valence-corrected chi connectivity index (χ0v) is 50.6. The Balaban J connectivity index is -0.000000295. The molecule has 0 aliphatic carbocycles. The van der Waals surface area contributed by atoms with Crippen LogP contribution in [0.15, 0.2) is 84.2 Å². The van der Waals surface area contributed by atoms with Crippen molar-refractivity contribution in [2.75, 3.05) is 89.9 Å². The molecule has 0 amide bonds. The monoisotopic (exact) mass is 1250 g/mol. The van der Waals surface area contributed by atoms with E-state index in [0.717, 1.165) is 56.1 Å². The summed E-state index contributed by atoms with van der Waals surface area (Å²) in [5.74, 6) is -2.84. The van der Waals surface area contributed by atoms with Crippen molar-refractivity contribution in [2.24, 2.45) is 5.34 Å². The molecule has 5 rings (SSSR count). The van der Waals surface area contributed by atoms with Crippen LogP contribution in [0.2, 0.25) is 0 Å². The number of nitro groups is 4. The molecule has 462 valence electrons. The van der Waals surface area contributed by atoms with Gasteiger partial charge < -0.3 is 61.3 Å². The third-order valence-corrected chi connectivity index (χ3v) is 8.30. The fraction of sp³-hybridized carbons (Fsp3) is 0.326. The Morgan fingerprint density at radius 3 is 1.26 bits per heavy atom. The van der Waals surface area contributed by atoms with Gasteiger partial charge in [0.15, 0.2) is 5.75 Å². The number of rotatable bonds is 17. The van der Waals surface area contributed by atoms with E-state index in [0.29, 0.717) is 55.3 Å². The van der Waals surface area contributed by atoms with Crippen molar-refractivity contribution in [1.29, 1.82) is 5.26 Å². The first kappa shape index (κ1) is 84.8. The van der Waals surface area contributed by atoms with Crippen LogP contribution in [-0.4, -0.2) is 115 Å². The second kappa shape index (κ2) is 47.5. The van der Waals surface area contributed by atoms with Gasteiger partial charge in [-0.3, -0.25) is 49.6 Å². The van der Waals surface area contributed by atoms with Crippen molar-refractivity contribution in [3.8, 4) is 29.1 Å². The quantitative estimate of drug-likeness (QED) is 0.0109. The Morgan fingerprint density at radius 2 is 0.893 bits per heavy atom. The molecule has 0 heterocycles. The molecule has 0 aromatic heterocycles. The van der Waals surface area contributed by atoms with Gasteiger partial charge in [-0.1, -0.05) is 0 Å². The Bertz CT molecular complexity index is 2950. The number of hydrogen-bond acceptors (Lipinski definition) is 25. The summed E-state index contributed by atoms with van der Waals surface area (Å²) >= 11 is 0. The maximum Gasteiger partial charge on any atom is 1.00 e. The van der Waals surface area contributed by atoms with E-state index in [9.17, 15) is 62.4 Å². The van der Waals surface area contributed by atoms with E-state index in [1.165, 1.54) is 36.5 Å². The number of aliphatic hydroxyl groups is 1. The number of nitro benzene ring substituents is 4. The number of nitrogens with two attached hydrogens (primary N) is 3. The molecule has 0 bridgehead atoms. The normalized spacial score (nSPS) is 9.31. The molecule has 5 aromatic rings. The van der Waals surface area contributed by atoms with Gasteiger partial charge in [0, 0.05) is 88.8 Å². The summed E-state index contributed by atoms with van der Waals surface area (Å²) < 4.78 is 115. The van der Waals surface area contributed by atoms with Crippen LogP contribution < -0.4 is 97.7 Å². The number of ether oxygens (including phenoxy) is 4. The molecule has 0 unspecified atom stereocenters. The predicted octanol–water partition coefficient (Wildman–Crippen LogP) is 4.55. The molecular formula is C46H61F5KN11O20S. The Labute approximate surface area is 519 Å². The maximum absolute atomic E-state index is 13.0. The van der Waals surface area contributed by atoms with Crippen LogP contribution in [0.25, 0.3) is 0 Å². The topological polar surface area (TPSA) is 474 Å². The van der Waals surface area contributed by atoms with E-state index in [4.69, 9.17) is 74.2 Å². The van der Waals surface area contributed by atoms with Gasteiger partial charge >= 0.3 is 78.8 Å². The molecule has 0 atom stereocenters. The molecule has 0 radical (unpaired) electrons. The summed E-state index contributed by atoms with van der Waals surface area (Å²) in [4.78, 5) is 53.7. The van der Waals surface area contributed by atoms with E-state index in [2.05, 4.69) is 4.99 Å². The number of nitrogens with zero attached hydrogens (tertiary/aromatic N) is 8. The minimum absolute atomic E-state index is 0. The molecule has 9 N–H and O–H groups in total. The van der Waals surface area contributed by atoms with Gasteiger partial charge in [-0.25, -0.2) is 13.2 Å². The number of anilines is 4. The molecular weight excluding hydrogens is 1190 g/mol. The number of nitriles is 1. The molecule has 84 heavy (non-hydrogen) atoms. The first-order valence-electron chi connectivity index (χ1n) is 22.6. The second-order valence-corrected chi connectivity index (χ2v) is 15.3. The predicted molar refractivity (Wildman–Crippen MR) is 289 cm³/mol. The van der Waals surface area contributed by atoms with Crippen LogP contribution in [0.4, 0.5) is 67.5 Å². The van der Waals surface area contributed by atoms with Gasteiger partial charge in [0.05, 0.1) is 69.3 Å². The number of likely N-dealkylation sites (N-methyl/N-ethyl adjacent to an activating group) is 2. The molecule has 0 saturated carbocycles. The first-order valence-corrected chi connectivity index (χ1v) is 24.0. The standard InChI is InChI=1S/C13H22N4O3.C8H9FN2O3.C8H8FNO3.C8H10FNO.C6H3F2NO2.C2H3N.CH4O.K.HNO3.H2O4S/c1-5-20-13-9-11(16(4)7-6-15(2)3)12(17(18)19)8-10(13)14;1-2-14-8-3-5(9)7(11(12)13)4-6(8)10;1-2-13-8-5-6(9)3-4-7(8)10(11)12;1-2-11-8-5-6(9)3-4-7(8)10;7-4-1-2-6(9(10)11)5(8)3-4;1-2-3;1-2;;2-1-4-3;1-5(2,3)4/h8-9H,5-7,14H2,1-4H3;3-4H,2,10H2,1H3;3-5H,2H2,1H3;3-5H,2,10H2,1H3;1-3H;1H3;2H,1H3;;3H;(H2,1,2,3,4)/q;;;;;;;+1;;/p-1. The summed E-state index contributed by atoms with van der Waals surface area (Å²) in [6.07, 6.45) is 0. The van der Waals surface area contributed by atoms with Crippen LogP contribution in [-0.2, 0) is 15.4 Å². The van der Waals surface area contributed by atoms with Gasteiger partial charge in [-0.15, -0.1) is 4.91 Å². The zero-order chi connectivity index (χ0) is 65.2. The molecule has 0 fully saturated rings. The number of hydrogen-bond donors (Lipinski definition) is 6. The Hall–Kier alpha value is -7.97. The van der Waals surface area contributed by atoms with E-state index < -0.39 is 64.7 Å². The third-order valence-electron chi connectivity index (χ3n) is 8.30. The fourth-order valence-electron chi connectivity index (χ4n) is 5.08. The van der Waals surface area contributed by atoms with Crippen molar-refractivity contribution >= 4 is 55.9 Å². The third kappa shape index (κ3) is 38.7. The first-order chi connectivity index (χ1) is 38.7. The van der Waals surface area contributed by atoms with E-state index in [1.54, 1.807) is 26.0 Å². The van der Waals surface area contributed by atoms with Crippen LogP contribution in [0.1, 0.15) is 34.6 Å². The van der Waals surface area contributed by atoms with Crippen molar-refractivity contribution in [3.05, 3.63) is 153 Å². The number of aliphatic hydroxyl groups excluding tert-OH is 1. The van der Waals surface area contributed by atoms with Crippen molar-refractivity contribution < 1.29 is 145 Å². The fourth-order valence-corrected chi connectivity index (χ4v) is 5.08. The molecule has 31 nitrogen and oxygen atoms in total. The molecule has 38 heteroatoms. The summed E-state index contributed by atoms with van der Waals surface area (Å²) in [5, 5.41) is 65.9. The van der Waals surface area contributed by atoms with E-state index in [-0.39, 0.29) is 98.1 Å². The maximum atomic E-state index is 13.0. The molecule has 0 spiro atoms. The zero-order valence-electron chi connectivity index (χ0n) is 46.6. The van der Waals surface area contributed by atoms with Crippen molar-refractivity contribution in [1.82, 2.24) is 4.90 Å². The van der Waals surface area contributed by atoms with Gasteiger partial charge in [-0.2, -0.15) is 22.5 Å². The summed E-state index contributed by atoms with van der Waals surface area (Å²) in [5.41, 5.74) is 16.4. The Morgan fingerprint density at radius 1 is 0.571 bits per heavy atom. The van der Waals surface area contributed by atoms with E-state index in [1.807, 2.05) is 44.8 Å². The largest absolute Gasteiger partial charge is 1.00 e. The number of nitrogen functional groups attached to an aromatic ring is 3.